The van der Waals surface area contributed by atoms with Gasteiger partial charge in [0.25, 0.3) is 0 Å². The summed E-state index contributed by atoms with van der Waals surface area (Å²) < 4.78 is 10.7. The van der Waals surface area contributed by atoms with E-state index in [1.54, 1.807) is 0 Å². The lowest BCUT2D eigenvalue weighted by Crippen LogP contribution is -2.59. The molecule has 0 N–H and O–H groups in total. The number of hydrogen-bond donors (Lipinski definition) is 0. The Morgan fingerprint density at radius 3 is 2.60 bits per heavy atom. The van der Waals surface area contributed by atoms with Crippen molar-refractivity contribution in [3.05, 3.63) is 11.6 Å². The van der Waals surface area contributed by atoms with E-state index in [0.717, 1.165) is 50.7 Å². The lowest BCUT2D eigenvalue weighted by Gasteiger charge is -2.58. The van der Waals surface area contributed by atoms with E-state index in [0.29, 0.717) is 23.5 Å². The summed E-state index contributed by atoms with van der Waals surface area (Å²) in [6.45, 7) is 8.15. The second kappa shape index (κ2) is 8.34. The van der Waals surface area contributed by atoms with E-state index in [1.165, 1.54) is 26.7 Å². The molecule has 0 aromatic carbocycles. The molecule has 192 valence electrons. The number of carbonyl (C=O) groups excluding carboxylic acids is 2. The van der Waals surface area contributed by atoms with Gasteiger partial charge < -0.3 is 19.1 Å². The van der Waals surface area contributed by atoms with Gasteiger partial charge in [0, 0.05) is 18.8 Å². The number of rotatable bonds is 4. The molecule has 0 amide bonds. The fraction of sp³-hybridized carbons (Fsp3) is 0.778. The Hall–Kier alpha value is -2.38. The van der Waals surface area contributed by atoms with Crippen molar-refractivity contribution in [2.24, 2.45) is 44.8 Å². The minimum atomic E-state index is -0.806. The van der Waals surface area contributed by atoms with Crippen LogP contribution in [0, 0.1) is 34.5 Å². The van der Waals surface area contributed by atoms with Crippen LogP contribution in [0.15, 0.2) is 22.0 Å². The molecule has 4 aliphatic carbocycles. The summed E-state index contributed by atoms with van der Waals surface area (Å²) in [7, 11) is 2.93. The lowest BCUT2D eigenvalue weighted by atomic mass is 9.46. The maximum absolute atomic E-state index is 12.7. The first-order valence-corrected chi connectivity index (χ1v) is 12.9. The van der Waals surface area contributed by atoms with Crippen molar-refractivity contribution in [3.8, 4) is 0 Å². The molecule has 0 bridgehead atoms. The molecule has 0 saturated heterocycles. The van der Waals surface area contributed by atoms with Crippen LogP contribution in [0.4, 0.5) is 0 Å². The molecule has 1 heterocycles. The van der Waals surface area contributed by atoms with E-state index in [4.69, 9.17) is 19.1 Å². The minimum absolute atomic E-state index is 0.00790. The molecule has 5 rings (SSSR count). The van der Waals surface area contributed by atoms with Crippen LogP contribution in [0.1, 0.15) is 72.6 Å². The molecule has 0 unspecified atom stereocenters. The average Bonchev–Trinajstić information content (AvgIpc) is 3.32. The van der Waals surface area contributed by atoms with Gasteiger partial charge >= 0.3 is 11.9 Å². The summed E-state index contributed by atoms with van der Waals surface area (Å²) >= 11 is 0. The fourth-order valence-electron chi connectivity index (χ4n) is 8.87. The molecule has 3 saturated carbocycles. The van der Waals surface area contributed by atoms with Crippen LogP contribution >= 0.6 is 0 Å². The van der Waals surface area contributed by atoms with Crippen LogP contribution in [0.5, 0.6) is 0 Å². The van der Waals surface area contributed by atoms with Crippen molar-refractivity contribution in [2.45, 2.75) is 84.3 Å². The number of ether oxygens (including phenoxy) is 2. The normalized spacial score (nSPS) is 43.9. The van der Waals surface area contributed by atoms with Crippen LogP contribution < -0.4 is 0 Å². The van der Waals surface area contributed by atoms with E-state index in [9.17, 15) is 9.59 Å². The molecule has 8 atom stereocenters. The molecule has 0 aromatic rings. The fourth-order valence-corrected chi connectivity index (χ4v) is 8.87. The topological polar surface area (TPSA) is 95.8 Å². The molecule has 0 aromatic heterocycles. The van der Waals surface area contributed by atoms with Crippen molar-refractivity contribution in [3.63, 3.8) is 0 Å². The number of allylic oxidation sites excluding steroid dienone is 1. The highest BCUT2D eigenvalue weighted by Crippen LogP contribution is 2.70. The van der Waals surface area contributed by atoms with Gasteiger partial charge in [0.05, 0.1) is 13.0 Å². The zero-order valence-corrected chi connectivity index (χ0v) is 21.8. The third-order valence-corrected chi connectivity index (χ3v) is 10.4. The zero-order chi connectivity index (χ0) is 25.2. The quantitative estimate of drug-likeness (QED) is 0.253. The van der Waals surface area contributed by atoms with Gasteiger partial charge in [0.15, 0.2) is 11.3 Å². The Morgan fingerprint density at radius 1 is 1.14 bits per heavy atom. The van der Waals surface area contributed by atoms with Crippen molar-refractivity contribution in [1.82, 2.24) is 0 Å². The number of methoxy groups -OCH3 is 1. The van der Waals surface area contributed by atoms with Gasteiger partial charge in [0.2, 0.25) is 0 Å². The second-order valence-electron chi connectivity index (χ2n) is 11.6. The Kier molecular flexibility index (Phi) is 5.80. The largest absolute Gasteiger partial charge is 0.464 e. The number of carbonyl (C=O) groups is 2. The predicted molar refractivity (Wildman–Crippen MR) is 130 cm³/mol. The minimum Gasteiger partial charge on any atom is -0.464 e. The van der Waals surface area contributed by atoms with Crippen molar-refractivity contribution in [2.75, 3.05) is 14.2 Å². The monoisotopic (exact) mass is 486 g/mol. The van der Waals surface area contributed by atoms with Gasteiger partial charge in [-0.15, -0.1) is 0 Å². The summed E-state index contributed by atoms with van der Waals surface area (Å²) in [5.74, 6) is 0.550. The van der Waals surface area contributed by atoms with E-state index >= 15 is 0 Å². The summed E-state index contributed by atoms with van der Waals surface area (Å²) in [6, 6.07) is 0. The maximum Gasteiger partial charge on any atom is 0.356 e. The second-order valence-corrected chi connectivity index (χ2v) is 11.6. The van der Waals surface area contributed by atoms with Crippen LogP contribution in [-0.4, -0.2) is 49.3 Å². The van der Waals surface area contributed by atoms with E-state index in [2.05, 4.69) is 30.2 Å². The van der Waals surface area contributed by atoms with E-state index in [1.807, 2.05) is 6.92 Å². The van der Waals surface area contributed by atoms with Crippen LogP contribution in [0.3, 0.4) is 0 Å². The summed E-state index contributed by atoms with van der Waals surface area (Å²) in [5, 5.41) is 8.59. The molecule has 35 heavy (non-hydrogen) atoms. The lowest BCUT2D eigenvalue weighted by molar-refractivity contribution is -0.149. The highest BCUT2D eigenvalue weighted by Gasteiger charge is 2.74. The first-order chi connectivity index (χ1) is 16.6. The smallest absolute Gasteiger partial charge is 0.356 e. The Balaban J connectivity index is 1.51. The SMILES string of the molecule is CON=C(C)[C@]12ON=C(C(=O)OC)[C@H]1C[C@@H]1[C@H]3CC=C4C[C@@H](OC(C)=O)CC[C@]4(C)[C@@H]3CC[C@]12C. The van der Waals surface area contributed by atoms with Crippen molar-refractivity contribution < 1.29 is 28.7 Å². The highest BCUT2D eigenvalue weighted by atomic mass is 16.7. The van der Waals surface area contributed by atoms with Crippen molar-refractivity contribution in [1.29, 1.82) is 0 Å². The van der Waals surface area contributed by atoms with Crippen LogP contribution in [-0.2, 0) is 28.7 Å². The highest BCUT2D eigenvalue weighted by molar-refractivity contribution is 6.38. The van der Waals surface area contributed by atoms with Gasteiger partial charge in [-0.3, -0.25) is 4.79 Å². The van der Waals surface area contributed by atoms with E-state index in [-0.39, 0.29) is 28.8 Å². The number of fused-ring (bicyclic) bond motifs is 7. The maximum atomic E-state index is 12.7. The van der Waals surface area contributed by atoms with Gasteiger partial charge in [-0.05, 0) is 68.6 Å². The Labute approximate surface area is 207 Å². The standard InChI is InChI=1S/C27H38N2O6/c1-15(28-33-6)27-22(23(29-35-27)24(31)32-5)14-21-19-8-7-17-13-18(34-16(2)30)9-11-25(17,3)20(19)10-12-26(21,27)4/h7,18-22H,8-14H2,1-6H3/t18-,19-,20+,21+,22+,25-,26+,27-/m0/s1. The summed E-state index contributed by atoms with van der Waals surface area (Å²) in [4.78, 5) is 35.7. The molecule has 1 aliphatic heterocycles. The predicted octanol–water partition coefficient (Wildman–Crippen LogP) is 4.43. The molecule has 0 radical (unpaired) electrons. The van der Waals surface area contributed by atoms with Crippen LogP contribution in [0.25, 0.3) is 0 Å². The molecular formula is C27H38N2O6. The van der Waals surface area contributed by atoms with Gasteiger partial charge in [-0.25, -0.2) is 4.79 Å². The third-order valence-electron chi connectivity index (χ3n) is 10.4. The van der Waals surface area contributed by atoms with Crippen molar-refractivity contribution >= 4 is 23.4 Å². The molecule has 3 fully saturated rings. The number of esters is 2. The van der Waals surface area contributed by atoms with Crippen LogP contribution in [0.2, 0.25) is 0 Å². The number of hydrogen-bond acceptors (Lipinski definition) is 8. The first-order valence-electron chi connectivity index (χ1n) is 12.9. The summed E-state index contributed by atoms with van der Waals surface area (Å²) in [6.07, 6.45) is 9.06. The average molecular weight is 487 g/mol. The Bertz CT molecular complexity index is 1020. The molecule has 8 nitrogen and oxygen atoms in total. The first kappa shape index (κ1) is 24.3. The molecule has 5 aliphatic rings. The van der Waals surface area contributed by atoms with Gasteiger partial charge in [0.1, 0.15) is 18.9 Å². The molecule has 0 spiro atoms. The zero-order valence-electron chi connectivity index (χ0n) is 21.8. The number of oxime groups is 2. The van der Waals surface area contributed by atoms with E-state index < -0.39 is 11.6 Å². The van der Waals surface area contributed by atoms with Gasteiger partial charge in [-0.1, -0.05) is 35.8 Å². The molecular weight excluding hydrogens is 448 g/mol. The number of nitrogens with zero attached hydrogens (tertiary/aromatic N) is 2. The summed E-state index contributed by atoms with van der Waals surface area (Å²) in [5.41, 5.74) is 1.63. The van der Waals surface area contributed by atoms with Gasteiger partial charge in [-0.2, -0.15) is 0 Å². The Morgan fingerprint density at radius 2 is 1.91 bits per heavy atom. The third kappa shape index (κ3) is 3.23. The molecule has 8 heteroatoms.